The summed E-state index contributed by atoms with van der Waals surface area (Å²) >= 11 is 1.82. The van der Waals surface area contributed by atoms with Crippen molar-refractivity contribution in [1.29, 1.82) is 0 Å². The van der Waals surface area contributed by atoms with Crippen LogP contribution in [0.15, 0.2) is 48.7 Å². The van der Waals surface area contributed by atoms with Crippen LogP contribution in [0.5, 0.6) is 0 Å². The number of amides is 1. The smallest absolute Gasteiger partial charge is 0.252 e. The van der Waals surface area contributed by atoms with Gasteiger partial charge in [-0.05, 0) is 17.7 Å². The molecule has 1 aliphatic rings. The Morgan fingerprint density at radius 1 is 1.16 bits per heavy atom. The lowest BCUT2D eigenvalue weighted by atomic mass is 10.2. The number of morpholine rings is 1. The van der Waals surface area contributed by atoms with E-state index in [9.17, 15) is 4.79 Å². The lowest BCUT2D eigenvalue weighted by molar-refractivity contribution is 0.0955. The first kappa shape index (κ1) is 17.8. The van der Waals surface area contributed by atoms with Crippen LogP contribution in [0.4, 0.5) is 5.82 Å². The number of carbonyl (C=O) groups is 1. The number of anilines is 1. The van der Waals surface area contributed by atoms with E-state index in [0.29, 0.717) is 12.1 Å². The Bertz CT molecular complexity index is 658. The minimum atomic E-state index is -0.0682. The Hall–Kier alpha value is -2.05. The molecule has 0 bridgehead atoms. The topological polar surface area (TPSA) is 54.5 Å². The fraction of sp³-hybridized carbons (Fsp3) is 0.368. The Balaban J connectivity index is 1.39. The number of benzene rings is 1. The third-order valence-electron chi connectivity index (χ3n) is 3.99. The molecule has 5 nitrogen and oxygen atoms in total. The monoisotopic (exact) mass is 357 g/mol. The molecule has 0 aliphatic carbocycles. The summed E-state index contributed by atoms with van der Waals surface area (Å²) in [6.07, 6.45) is 1.65. The molecule has 0 atom stereocenters. The van der Waals surface area contributed by atoms with E-state index in [0.717, 1.165) is 43.6 Å². The van der Waals surface area contributed by atoms with Crippen LogP contribution in [-0.4, -0.2) is 49.5 Å². The summed E-state index contributed by atoms with van der Waals surface area (Å²) in [4.78, 5) is 18.8. The molecule has 1 saturated heterocycles. The zero-order valence-electron chi connectivity index (χ0n) is 14.2. The van der Waals surface area contributed by atoms with Crippen LogP contribution in [-0.2, 0) is 10.5 Å². The van der Waals surface area contributed by atoms with E-state index in [1.54, 1.807) is 6.20 Å². The second kappa shape index (κ2) is 9.44. The number of nitrogens with zero attached hydrogens (tertiary/aromatic N) is 2. The quantitative estimate of drug-likeness (QED) is 0.772. The van der Waals surface area contributed by atoms with Crippen molar-refractivity contribution in [2.45, 2.75) is 5.75 Å². The van der Waals surface area contributed by atoms with Crippen LogP contribution in [0.25, 0.3) is 0 Å². The molecular formula is C19H23N3O2S. The number of ether oxygens (including phenoxy) is 1. The maximum atomic E-state index is 12.2. The maximum absolute atomic E-state index is 12.2. The van der Waals surface area contributed by atoms with Gasteiger partial charge in [0.1, 0.15) is 5.82 Å². The molecule has 0 spiro atoms. The standard InChI is InChI=1S/C19H23N3O2S/c23-19(20-8-13-25-15-16-4-2-1-3-5-16)17-6-7-18(21-14-17)22-9-11-24-12-10-22/h1-7,14H,8-13,15H2,(H,20,23). The number of hydrogen-bond donors (Lipinski definition) is 1. The van der Waals surface area contributed by atoms with Crippen molar-refractivity contribution in [2.24, 2.45) is 0 Å². The van der Waals surface area contributed by atoms with Crippen LogP contribution in [0, 0.1) is 0 Å². The zero-order valence-corrected chi connectivity index (χ0v) is 15.0. The van der Waals surface area contributed by atoms with Crippen LogP contribution in [0.2, 0.25) is 0 Å². The second-order valence-corrected chi connectivity index (χ2v) is 6.90. The molecule has 1 amide bonds. The summed E-state index contributed by atoms with van der Waals surface area (Å²) in [7, 11) is 0. The van der Waals surface area contributed by atoms with Gasteiger partial charge < -0.3 is 15.0 Å². The largest absolute Gasteiger partial charge is 0.378 e. The summed E-state index contributed by atoms with van der Waals surface area (Å²) in [5.41, 5.74) is 1.91. The summed E-state index contributed by atoms with van der Waals surface area (Å²) in [5, 5.41) is 2.95. The van der Waals surface area contributed by atoms with Crippen molar-refractivity contribution >= 4 is 23.5 Å². The highest BCUT2D eigenvalue weighted by Crippen LogP contribution is 2.13. The van der Waals surface area contributed by atoms with Gasteiger partial charge in [0.05, 0.1) is 18.8 Å². The first-order chi connectivity index (χ1) is 12.3. The number of carbonyl (C=O) groups excluding carboxylic acids is 1. The maximum Gasteiger partial charge on any atom is 0.252 e. The minimum Gasteiger partial charge on any atom is -0.378 e. The van der Waals surface area contributed by atoms with Crippen LogP contribution in [0.3, 0.4) is 0 Å². The summed E-state index contributed by atoms with van der Waals surface area (Å²) < 4.78 is 5.34. The molecule has 2 heterocycles. The van der Waals surface area contributed by atoms with Crippen LogP contribution >= 0.6 is 11.8 Å². The molecule has 1 aromatic carbocycles. The van der Waals surface area contributed by atoms with E-state index in [1.165, 1.54) is 5.56 Å². The molecule has 0 unspecified atom stereocenters. The normalized spacial score (nSPS) is 14.3. The van der Waals surface area contributed by atoms with Crippen LogP contribution in [0.1, 0.15) is 15.9 Å². The Labute approximate surface area is 152 Å². The van der Waals surface area contributed by atoms with Gasteiger partial charge in [-0.15, -0.1) is 0 Å². The third kappa shape index (κ3) is 5.47. The van der Waals surface area contributed by atoms with Gasteiger partial charge in [-0.3, -0.25) is 4.79 Å². The van der Waals surface area contributed by atoms with E-state index in [4.69, 9.17) is 4.74 Å². The van der Waals surface area contributed by atoms with Gasteiger partial charge in [0.25, 0.3) is 5.91 Å². The fourth-order valence-corrected chi connectivity index (χ4v) is 3.42. The highest BCUT2D eigenvalue weighted by Gasteiger charge is 2.13. The molecular weight excluding hydrogens is 334 g/mol. The lowest BCUT2D eigenvalue weighted by Crippen LogP contribution is -2.36. The predicted molar refractivity (Wildman–Crippen MR) is 102 cm³/mol. The lowest BCUT2D eigenvalue weighted by Gasteiger charge is -2.27. The second-order valence-electron chi connectivity index (χ2n) is 5.80. The molecule has 0 saturated carbocycles. The molecule has 1 aliphatic heterocycles. The average Bonchev–Trinajstić information content (AvgIpc) is 2.69. The highest BCUT2D eigenvalue weighted by molar-refractivity contribution is 7.98. The molecule has 25 heavy (non-hydrogen) atoms. The molecule has 2 aromatic rings. The van der Waals surface area contributed by atoms with Gasteiger partial charge in [0.2, 0.25) is 0 Å². The van der Waals surface area contributed by atoms with Gasteiger partial charge in [-0.25, -0.2) is 4.98 Å². The molecule has 1 aromatic heterocycles. The number of thioether (sulfide) groups is 1. The van der Waals surface area contributed by atoms with E-state index in [-0.39, 0.29) is 5.91 Å². The SMILES string of the molecule is O=C(NCCSCc1ccccc1)c1ccc(N2CCOCC2)nc1. The van der Waals surface area contributed by atoms with Crippen LogP contribution < -0.4 is 10.2 Å². The Morgan fingerprint density at radius 2 is 1.96 bits per heavy atom. The van der Waals surface area contributed by atoms with Gasteiger partial charge in [0.15, 0.2) is 0 Å². The van der Waals surface area contributed by atoms with Crippen molar-refractivity contribution in [1.82, 2.24) is 10.3 Å². The molecule has 0 radical (unpaired) electrons. The highest BCUT2D eigenvalue weighted by atomic mass is 32.2. The van der Waals surface area contributed by atoms with E-state index in [2.05, 4.69) is 27.3 Å². The first-order valence-corrected chi connectivity index (χ1v) is 9.67. The first-order valence-electron chi connectivity index (χ1n) is 8.51. The van der Waals surface area contributed by atoms with Gasteiger partial charge in [-0.2, -0.15) is 11.8 Å². The molecule has 132 valence electrons. The van der Waals surface area contributed by atoms with Crippen molar-refractivity contribution in [3.8, 4) is 0 Å². The number of nitrogens with one attached hydrogen (secondary N) is 1. The number of pyridine rings is 1. The molecule has 6 heteroatoms. The Morgan fingerprint density at radius 3 is 2.68 bits per heavy atom. The number of aromatic nitrogens is 1. The molecule has 3 rings (SSSR count). The van der Waals surface area contributed by atoms with Crippen molar-refractivity contribution in [2.75, 3.05) is 43.5 Å². The molecule has 1 fully saturated rings. The summed E-state index contributed by atoms with van der Waals surface area (Å²) in [5.74, 6) is 2.69. The zero-order chi connectivity index (χ0) is 17.3. The van der Waals surface area contributed by atoms with Crippen molar-refractivity contribution in [3.05, 3.63) is 59.8 Å². The number of rotatable bonds is 7. The number of hydrogen-bond acceptors (Lipinski definition) is 5. The third-order valence-corrected chi connectivity index (χ3v) is 5.02. The van der Waals surface area contributed by atoms with Crippen molar-refractivity contribution in [3.63, 3.8) is 0 Å². The summed E-state index contributed by atoms with van der Waals surface area (Å²) in [6.45, 7) is 3.80. The Kier molecular flexibility index (Phi) is 6.71. The predicted octanol–water partition coefficient (Wildman–Crippen LogP) is 2.58. The van der Waals surface area contributed by atoms with Gasteiger partial charge >= 0.3 is 0 Å². The van der Waals surface area contributed by atoms with E-state index in [1.807, 2.05) is 42.1 Å². The van der Waals surface area contributed by atoms with Crippen molar-refractivity contribution < 1.29 is 9.53 Å². The van der Waals surface area contributed by atoms with Gasteiger partial charge in [0, 0.05) is 37.3 Å². The molecule has 1 N–H and O–H groups in total. The van der Waals surface area contributed by atoms with E-state index >= 15 is 0 Å². The summed E-state index contributed by atoms with van der Waals surface area (Å²) in [6, 6.07) is 14.1. The minimum absolute atomic E-state index is 0.0682. The average molecular weight is 357 g/mol. The fourth-order valence-electron chi connectivity index (χ4n) is 2.60. The van der Waals surface area contributed by atoms with Gasteiger partial charge in [-0.1, -0.05) is 30.3 Å². The van der Waals surface area contributed by atoms with E-state index < -0.39 is 0 Å².